The zero-order valence-corrected chi connectivity index (χ0v) is 16.9. The van der Waals surface area contributed by atoms with E-state index >= 15 is 0 Å². The SMILES string of the molecule is COC(=O)C[C@H]1C(=O)NCCN1C(=O)CSc1nnc(-c2c[nH]c3ccccc23)o1. The fourth-order valence-electron chi connectivity index (χ4n) is 3.29. The van der Waals surface area contributed by atoms with Crippen LogP contribution >= 0.6 is 11.8 Å². The molecule has 0 spiro atoms. The van der Waals surface area contributed by atoms with E-state index in [4.69, 9.17) is 4.42 Å². The Morgan fingerprint density at radius 2 is 2.17 bits per heavy atom. The summed E-state index contributed by atoms with van der Waals surface area (Å²) in [6.45, 7) is 0.648. The number of nitrogens with one attached hydrogen (secondary N) is 2. The summed E-state index contributed by atoms with van der Waals surface area (Å²) in [6.07, 6.45) is 1.60. The molecule has 0 unspecified atom stereocenters. The highest BCUT2D eigenvalue weighted by atomic mass is 32.2. The number of fused-ring (bicyclic) bond motifs is 1. The van der Waals surface area contributed by atoms with E-state index in [1.165, 1.54) is 12.0 Å². The van der Waals surface area contributed by atoms with Crippen LogP contribution in [0.4, 0.5) is 0 Å². The first kappa shape index (κ1) is 20.0. The van der Waals surface area contributed by atoms with Crippen molar-refractivity contribution in [1.82, 2.24) is 25.4 Å². The van der Waals surface area contributed by atoms with Gasteiger partial charge in [0, 0.05) is 30.2 Å². The normalized spacial score (nSPS) is 16.5. The number of nitrogens with zero attached hydrogens (tertiary/aromatic N) is 3. The molecular formula is C19H19N5O5S. The Hall–Kier alpha value is -3.34. The van der Waals surface area contributed by atoms with Crippen molar-refractivity contribution in [3.63, 3.8) is 0 Å². The lowest BCUT2D eigenvalue weighted by Gasteiger charge is -2.34. The number of para-hydroxylation sites is 1. The van der Waals surface area contributed by atoms with Crippen LogP contribution in [0.2, 0.25) is 0 Å². The van der Waals surface area contributed by atoms with Gasteiger partial charge in [0.15, 0.2) is 0 Å². The molecule has 156 valence electrons. The quantitative estimate of drug-likeness (QED) is 0.442. The van der Waals surface area contributed by atoms with Crippen molar-refractivity contribution >= 4 is 40.4 Å². The number of carbonyl (C=O) groups excluding carboxylic acids is 3. The first-order valence-electron chi connectivity index (χ1n) is 9.23. The van der Waals surface area contributed by atoms with E-state index < -0.39 is 12.0 Å². The minimum absolute atomic E-state index is 0.000467. The molecule has 3 aromatic rings. The van der Waals surface area contributed by atoms with E-state index in [1.807, 2.05) is 24.3 Å². The van der Waals surface area contributed by atoms with Crippen molar-refractivity contribution in [3.8, 4) is 11.5 Å². The first-order valence-corrected chi connectivity index (χ1v) is 10.2. The number of hydrogen-bond donors (Lipinski definition) is 2. The van der Waals surface area contributed by atoms with Gasteiger partial charge in [0.05, 0.1) is 24.8 Å². The Bertz CT molecular complexity index is 1090. The van der Waals surface area contributed by atoms with E-state index in [2.05, 4.69) is 25.2 Å². The molecule has 1 saturated heterocycles. The summed E-state index contributed by atoms with van der Waals surface area (Å²) >= 11 is 1.08. The minimum Gasteiger partial charge on any atom is -0.469 e. The number of aromatic amines is 1. The third-order valence-corrected chi connectivity index (χ3v) is 5.59. The second kappa shape index (κ2) is 8.57. The van der Waals surface area contributed by atoms with Crippen LogP contribution in [0.25, 0.3) is 22.4 Å². The number of hydrogen-bond acceptors (Lipinski definition) is 8. The number of aromatic nitrogens is 3. The number of piperazine rings is 1. The standard InChI is InChI=1S/C19H19N5O5S/c1-28-16(26)8-14-17(27)20-6-7-24(14)15(25)10-30-19-23-22-18(29-19)12-9-21-13-5-3-2-4-11(12)13/h2-5,9,14,21H,6-8,10H2,1H3,(H,20,27)/t14-/m0/s1. The van der Waals surface area contributed by atoms with Gasteiger partial charge < -0.3 is 24.4 Å². The number of rotatable bonds is 6. The number of ether oxygens (including phenoxy) is 1. The Balaban J connectivity index is 1.42. The summed E-state index contributed by atoms with van der Waals surface area (Å²) < 4.78 is 10.3. The summed E-state index contributed by atoms with van der Waals surface area (Å²) in [7, 11) is 1.24. The minimum atomic E-state index is -0.885. The monoisotopic (exact) mass is 429 g/mol. The van der Waals surface area contributed by atoms with Gasteiger partial charge in [0.2, 0.25) is 11.8 Å². The van der Waals surface area contributed by atoms with Gasteiger partial charge in [-0.3, -0.25) is 14.4 Å². The van der Waals surface area contributed by atoms with Gasteiger partial charge in [-0.1, -0.05) is 30.0 Å². The van der Waals surface area contributed by atoms with Crippen LogP contribution in [0.1, 0.15) is 6.42 Å². The lowest BCUT2D eigenvalue weighted by atomic mass is 10.1. The molecule has 1 aliphatic heterocycles. The Morgan fingerprint density at radius 3 is 3.00 bits per heavy atom. The summed E-state index contributed by atoms with van der Waals surface area (Å²) in [5.74, 6) is -0.869. The molecule has 2 aromatic heterocycles. The second-order valence-corrected chi connectivity index (χ2v) is 7.51. The molecule has 0 aliphatic carbocycles. The van der Waals surface area contributed by atoms with Gasteiger partial charge in [0.25, 0.3) is 11.1 Å². The highest BCUT2D eigenvalue weighted by Gasteiger charge is 2.35. The number of benzene rings is 1. The van der Waals surface area contributed by atoms with Gasteiger partial charge in [0.1, 0.15) is 6.04 Å². The van der Waals surface area contributed by atoms with Crippen LogP contribution in [0, 0.1) is 0 Å². The van der Waals surface area contributed by atoms with Gasteiger partial charge >= 0.3 is 5.97 Å². The second-order valence-electron chi connectivity index (χ2n) is 6.58. The number of methoxy groups -OCH3 is 1. The molecule has 1 aromatic carbocycles. The van der Waals surface area contributed by atoms with Gasteiger partial charge in [-0.2, -0.15) is 0 Å². The van der Waals surface area contributed by atoms with Crippen LogP contribution in [0.5, 0.6) is 0 Å². The number of thioether (sulfide) groups is 1. The molecular weight excluding hydrogens is 410 g/mol. The Labute approximate surface area is 175 Å². The molecule has 30 heavy (non-hydrogen) atoms. The maximum absolute atomic E-state index is 12.7. The summed E-state index contributed by atoms with van der Waals surface area (Å²) in [5, 5.41) is 11.9. The van der Waals surface area contributed by atoms with Gasteiger partial charge in [-0.25, -0.2) is 0 Å². The lowest BCUT2D eigenvalue weighted by Crippen LogP contribution is -2.58. The molecule has 1 atom stereocenters. The molecule has 2 amide bonds. The molecule has 4 rings (SSSR count). The molecule has 11 heteroatoms. The zero-order chi connectivity index (χ0) is 21.1. The van der Waals surface area contributed by atoms with E-state index in [0.717, 1.165) is 28.2 Å². The molecule has 3 heterocycles. The van der Waals surface area contributed by atoms with E-state index in [0.29, 0.717) is 19.0 Å². The fourth-order valence-corrected chi connectivity index (χ4v) is 3.94. The molecule has 1 aliphatic rings. The van der Waals surface area contributed by atoms with Crippen LogP contribution in [-0.2, 0) is 19.1 Å². The Morgan fingerprint density at radius 1 is 1.33 bits per heavy atom. The predicted octanol–water partition coefficient (Wildman–Crippen LogP) is 1.20. The maximum Gasteiger partial charge on any atom is 0.308 e. The molecule has 0 saturated carbocycles. The van der Waals surface area contributed by atoms with Gasteiger partial charge in [-0.05, 0) is 6.07 Å². The summed E-state index contributed by atoms with van der Waals surface area (Å²) in [4.78, 5) is 40.9. The van der Waals surface area contributed by atoms with Crippen molar-refractivity contribution in [2.75, 3.05) is 26.0 Å². The van der Waals surface area contributed by atoms with Crippen molar-refractivity contribution in [2.24, 2.45) is 0 Å². The molecule has 0 bridgehead atoms. The summed E-state index contributed by atoms with van der Waals surface area (Å²) in [6, 6.07) is 6.86. The average molecular weight is 429 g/mol. The topological polar surface area (TPSA) is 130 Å². The largest absolute Gasteiger partial charge is 0.469 e. The highest BCUT2D eigenvalue weighted by Crippen LogP contribution is 2.29. The van der Waals surface area contributed by atoms with Crippen LogP contribution in [-0.4, -0.2) is 69.9 Å². The zero-order valence-electron chi connectivity index (χ0n) is 16.1. The predicted molar refractivity (Wildman–Crippen MR) is 107 cm³/mol. The van der Waals surface area contributed by atoms with E-state index in [9.17, 15) is 14.4 Å². The number of H-pyrrole nitrogens is 1. The van der Waals surface area contributed by atoms with Crippen molar-refractivity contribution in [1.29, 1.82) is 0 Å². The maximum atomic E-state index is 12.7. The van der Waals surface area contributed by atoms with Gasteiger partial charge in [-0.15, -0.1) is 10.2 Å². The van der Waals surface area contributed by atoms with E-state index in [1.54, 1.807) is 6.20 Å². The van der Waals surface area contributed by atoms with Crippen LogP contribution < -0.4 is 5.32 Å². The van der Waals surface area contributed by atoms with Crippen LogP contribution in [0.3, 0.4) is 0 Å². The number of esters is 1. The number of carbonyl (C=O) groups is 3. The molecule has 2 N–H and O–H groups in total. The molecule has 1 fully saturated rings. The van der Waals surface area contributed by atoms with Crippen molar-refractivity contribution in [2.45, 2.75) is 17.7 Å². The van der Waals surface area contributed by atoms with Crippen LogP contribution in [0.15, 0.2) is 40.1 Å². The fraction of sp³-hybridized carbons (Fsp3) is 0.316. The highest BCUT2D eigenvalue weighted by molar-refractivity contribution is 7.99. The third-order valence-electron chi connectivity index (χ3n) is 4.78. The summed E-state index contributed by atoms with van der Waals surface area (Å²) in [5.41, 5.74) is 1.73. The van der Waals surface area contributed by atoms with Crippen molar-refractivity contribution < 1.29 is 23.5 Å². The smallest absolute Gasteiger partial charge is 0.308 e. The van der Waals surface area contributed by atoms with E-state index in [-0.39, 0.29) is 29.2 Å². The first-order chi connectivity index (χ1) is 14.6. The van der Waals surface area contributed by atoms with Crippen molar-refractivity contribution in [3.05, 3.63) is 30.5 Å². The Kier molecular flexibility index (Phi) is 5.70. The molecule has 10 nitrogen and oxygen atoms in total. The lowest BCUT2D eigenvalue weighted by molar-refractivity contribution is -0.149. The third kappa shape index (κ3) is 4.01. The number of amides is 2. The molecule has 0 radical (unpaired) electrons. The average Bonchev–Trinajstić information content (AvgIpc) is 3.40.